The molecular weight excluding hydrogens is 614 g/mol. The molecule has 0 saturated heterocycles. The summed E-state index contributed by atoms with van der Waals surface area (Å²) in [6.07, 6.45) is 5.22. The number of aryl methyl sites for hydroxylation is 1. The second-order valence-electron chi connectivity index (χ2n) is 11.8. The van der Waals surface area contributed by atoms with Crippen molar-refractivity contribution in [2.24, 2.45) is 15.2 Å². The molecule has 1 N–H and O–H groups in total. The first-order valence-electron chi connectivity index (χ1n) is 16.2. The summed E-state index contributed by atoms with van der Waals surface area (Å²) in [5.74, 6) is 1.88. The minimum Gasteiger partial charge on any atom is -0.493 e. The number of benzene rings is 4. The zero-order valence-electron chi connectivity index (χ0n) is 27.8. The first kappa shape index (κ1) is 33.2. The molecule has 4 aromatic carbocycles. The van der Waals surface area contributed by atoms with Gasteiger partial charge in [0.25, 0.3) is 0 Å². The molecule has 6 rings (SSSR count). The number of azo groups is 1. The number of aliphatic hydroxyl groups is 1. The summed E-state index contributed by atoms with van der Waals surface area (Å²) in [4.78, 5) is 4.78. The summed E-state index contributed by atoms with van der Waals surface area (Å²) in [6, 6.07) is 39.5. The minimum absolute atomic E-state index is 0.242. The lowest BCUT2D eigenvalue weighted by molar-refractivity contribution is 0.00821. The second kappa shape index (κ2) is 15.0. The first-order chi connectivity index (χ1) is 24.0. The zero-order valence-corrected chi connectivity index (χ0v) is 27.8. The third kappa shape index (κ3) is 7.12. The normalized spacial score (nSPS) is 16.8. The van der Waals surface area contributed by atoms with Crippen molar-refractivity contribution in [2.45, 2.75) is 43.1 Å². The Morgan fingerprint density at radius 3 is 1.86 bits per heavy atom. The Bertz CT molecular complexity index is 1790. The first-order valence-corrected chi connectivity index (χ1v) is 16.2. The van der Waals surface area contributed by atoms with Gasteiger partial charge in [0, 0.05) is 12.3 Å². The lowest BCUT2D eigenvalue weighted by Crippen LogP contribution is -2.49. The molecule has 0 amide bonds. The third-order valence-corrected chi connectivity index (χ3v) is 8.73. The fourth-order valence-corrected chi connectivity index (χ4v) is 6.29. The molecule has 248 valence electrons. The fraction of sp³-hybridized carbons (Fsp3) is 0.225. The van der Waals surface area contributed by atoms with E-state index in [2.05, 4.69) is 51.7 Å². The van der Waals surface area contributed by atoms with Gasteiger partial charge in [0.2, 0.25) is 5.88 Å². The van der Waals surface area contributed by atoms with E-state index in [4.69, 9.17) is 24.3 Å². The monoisotopic (exact) mass is 653 g/mol. The number of hydrogen-bond donors (Lipinski definition) is 1. The van der Waals surface area contributed by atoms with Crippen LogP contribution in [0.25, 0.3) is 0 Å². The van der Waals surface area contributed by atoms with E-state index in [-0.39, 0.29) is 5.88 Å². The zero-order chi connectivity index (χ0) is 34.1. The van der Waals surface area contributed by atoms with Gasteiger partial charge in [-0.05, 0) is 66.3 Å². The Labute approximate surface area is 286 Å². The van der Waals surface area contributed by atoms with E-state index in [0.717, 1.165) is 22.3 Å². The highest BCUT2D eigenvalue weighted by Crippen LogP contribution is 2.41. The van der Waals surface area contributed by atoms with E-state index in [9.17, 15) is 5.11 Å². The number of aromatic nitrogens is 2. The van der Waals surface area contributed by atoms with Crippen molar-refractivity contribution < 1.29 is 19.3 Å². The van der Waals surface area contributed by atoms with Crippen molar-refractivity contribution in [3.8, 4) is 17.4 Å². The van der Waals surface area contributed by atoms with Crippen LogP contribution in [-0.4, -0.2) is 53.5 Å². The molecule has 1 aromatic heterocycles. The van der Waals surface area contributed by atoms with Gasteiger partial charge in [-0.25, -0.2) is 0 Å². The summed E-state index contributed by atoms with van der Waals surface area (Å²) >= 11 is 0. The van der Waals surface area contributed by atoms with E-state index in [0.29, 0.717) is 30.2 Å². The largest absolute Gasteiger partial charge is 0.493 e. The fourth-order valence-electron chi connectivity index (χ4n) is 6.29. The molecule has 0 saturated carbocycles. The predicted molar refractivity (Wildman–Crippen MR) is 190 cm³/mol. The number of aliphatic imine (C=N–C) groups is 1. The average molecular weight is 654 g/mol. The van der Waals surface area contributed by atoms with Crippen LogP contribution in [0.1, 0.15) is 35.6 Å². The number of aliphatic hydroxyl groups excluding tert-OH is 1. The molecule has 0 radical (unpaired) electrons. The van der Waals surface area contributed by atoms with Gasteiger partial charge in [0.05, 0.1) is 20.3 Å². The maximum Gasteiger partial charge on any atom is 0.234 e. The summed E-state index contributed by atoms with van der Waals surface area (Å²) in [6.45, 7) is 1.69. The number of rotatable bonds is 14. The Hall–Kier alpha value is -5.67. The second-order valence-corrected chi connectivity index (χ2v) is 11.8. The van der Waals surface area contributed by atoms with Gasteiger partial charge in [0.1, 0.15) is 5.54 Å². The highest BCUT2D eigenvalue weighted by Gasteiger charge is 2.42. The van der Waals surface area contributed by atoms with Gasteiger partial charge in [-0.2, -0.15) is 5.11 Å². The molecule has 1 aliphatic heterocycles. The maximum absolute atomic E-state index is 10.9. The number of methoxy groups -OCH3 is 2. The number of allylic oxidation sites excluding steroid dienone is 1. The Morgan fingerprint density at radius 2 is 1.37 bits per heavy atom. The van der Waals surface area contributed by atoms with Crippen molar-refractivity contribution in [2.75, 3.05) is 14.2 Å². The minimum atomic E-state index is -0.925. The number of hydrogen-bond acceptors (Lipinski definition) is 9. The van der Waals surface area contributed by atoms with Gasteiger partial charge in [-0.3, -0.25) is 4.99 Å². The molecule has 9 nitrogen and oxygen atoms in total. The van der Waals surface area contributed by atoms with Crippen LogP contribution in [0.3, 0.4) is 0 Å². The van der Waals surface area contributed by atoms with Gasteiger partial charge in [0.15, 0.2) is 29.0 Å². The van der Waals surface area contributed by atoms with E-state index in [1.54, 1.807) is 39.5 Å². The lowest BCUT2D eigenvalue weighted by atomic mass is 9.78. The van der Waals surface area contributed by atoms with Crippen LogP contribution < -0.4 is 14.2 Å². The maximum atomic E-state index is 10.9. The molecule has 9 heteroatoms. The summed E-state index contributed by atoms with van der Waals surface area (Å²) in [5.41, 5.74) is 2.20. The van der Waals surface area contributed by atoms with E-state index >= 15 is 0 Å². The van der Waals surface area contributed by atoms with Crippen LogP contribution in [-0.2, 0) is 12.0 Å². The van der Waals surface area contributed by atoms with Crippen LogP contribution in [0.15, 0.2) is 149 Å². The third-order valence-electron chi connectivity index (χ3n) is 8.73. The van der Waals surface area contributed by atoms with E-state index < -0.39 is 23.3 Å². The average Bonchev–Trinajstić information content (AvgIpc) is 3.64. The number of ether oxygens (including phenoxy) is 3. The summed E-state index contributed by atoms with van der Waals surface area (Å²) in [5, 5.41) is 29.3. The molecule has 0 bridgehead atoms. The van der Waals surface area contributed by atoms with Gasteiger partial charge in [-0.15, -0.1) is 15.3 Å². The molecule has 0 spiro atoms. The van der Waals surface area contributed by atoms with Gasteiger partial charge in [-0.1, -0.05) is 103 Å². The molecule has 1 aliphatic rings. The van der Waals surface area contributed by atoms with Crippen LogP contribution in [0.2, 0.25) is 0 Å². The van der Waals surface area contributed by atoms with E-state index in [1.807, 2.05) is 84.9 Å². The van der Waals surface area contributed by atoms with Crippen LogP contribution >= 0.6 is 0 Å². The Kier molecular flexibility index (Phi) is 10.2. The molecule has 2 heterocycles. The lowest BCUT2D eigenvalue weighted by Gasteiger charge is -2.35. The van der Waals surface area contributed by atoms with Gasteiger partial charge < -0.3 is 19.3 Å². The molecule has 3 atom stereocenters. The van der Waals surface area contributed by atoms with Crippen LogP contribution in [0.4, 0.5) is 5.82 Å². The van der Waals surface area contributed by atoms with Crippen molar-refractivity contribution in [1.29, 1.82) is 0 Å². The molecule has 3 unspecified atom stereocenters. The van der Waals surface area contributed by atoms with Gasteiger partial charge >= 0.3 is 0 Å². The standard InChI is InChI=1S/C40H39N5O4/c1-29(46)38(39(25-13-27-41-39)26-24-30-20-21-34(47-2)35(28-30)48-3)49-37-23-22-36(42-44-37)43-45-40(31-14-7-4-8-15-31,32-16-9-5-10-17-32)33-18-11-6-12-19-33/h4-23,25,27-29,38,46H,24,26H2,1-3H3. The topological polar surface area (TPSA) is 111 Å². The summed E-state index contributed by atoms with van der Waals surface area (Å²) in [7, 11) is 3.23. The quantitative estimate of drug-likeness (QED) is 0.0971. The van der Waals surface area contributed by atoms with Crippen LogP contribution in [0.5, 0.6) is 17.4 Å². The Morgan fingerprint density at radius 1 is 0.755 bits per heavy atom. The van der Waals surface area contributed by atoms with Crippen molar-refractivity contribution in [3.63, 3.8) is 0 Å². The molecule has 5 aromatic rings. The van der Waals surface area contributed by atoms with Crippen molar-refractivity contribution in [1.82, 2.24) is 10.2 Å². The molecule has 49 heavy (non-hydrogen) atoms. The van der Waals surface area contributed by atoms with Crippen molar-refractivity contribution in [3.05, 3.63) is 156 Å². The smallest absolute Gasteiger partial charge is 0.234 e. The molecule has 0 aliphatic carbocycles. The Balaban J connectivity index is 1.27. The van der Waals surface area contributed by atoms with Crippen molar-refractivity contribution >= 4 is 12.0 Å². The number of nitrogens with zero attached hydrogens (tertiary/aromatic N) is 5. The summed E-state index contributed by atoms with van der Waals surface area (Å²) < 4.78 is 17.2. The molecule has 0 fully saturated rings. The highest BCUT2D eigenvalue weighted by molar-refractivity contribution is 5.75. The van der Waals surface area contributed by atoms with E-state index in [1.165, 1.54) is 0 Å². The van der Waals surface area contributed by atoms with Crippen LogP contribution in [0, 0.1) is 0 Å². The highest BCUT2D eigenvalue weighted by atomic mass is 16.5. The SMILES string of the molecule is COc1ccc(CCC2(C(Oc3ccc(N=NC(c4ccccc4)(c4ccccc4)c4ccccc4)nn3)C(C)O)C=CC=N2)cc1OC. The molecular formula is C40H39N5O4. The predicted octanol–water partition coefficient (Wildman–Crippen LogP) is 7.71.